The van der Waals surface area contributed by atoms with Gasteiger partial charge in [0.2, 0.25) is 0 Å². The summed E-state index contributed by atoms with van der Waals surface area (Å²) in [5.41, 5.74) is 1.10. The maximum absolute atomic E-state index is 12.9. The van der Waals surface area contributed by atoms with Gasteiger partial charge in [0.1, 0.15) is 0 Å². The number of alkyl halides is 3. The van der Waals surface area contributed by atoms with E-state index in [-0.39, 0.29) is 17.2 Å². The van der Waals surface area contributed by atoms with Crippen molar-refractivity contribution in [3.8, 4) is 0 Å². The number of carboxylic acids is 1. The van der Waals surface area contributed by atoms with Crippen molar-refractivity contribution in [2.45, 2.75) is 36.2 Å². The van der Waals surface area contributed by atoms with Gasteiger partial charge in [-0.3, -0.25) is 0 Å². The van der Waals surface area contributed by atoms with Crippen molar-refractivity contribution in [2.75, 3.05) is 13.7 Å². The number of aliphatic carboxylic acids is 1. The summed E-state index contributed by atoms with van der Waals surface area (Å²) in [7, 11) is -0.211. The molecular weight excluding hydrogens is 427 g/mol. The standard InChI is InChI=1S/C16H21N3O3S.C2HF3O2/c1-18-11-16(17-12-18)23(20,21)19-9-8-15(22-2)14(19)10-13-6-4-3-5-7-13;3-2(4,5)1(6)7/h3-7,11-12,14-15H,8-10H2,1-2H3;(H,6,7)/t14-,15+;/m0./s1. The first-order valence-corrected chi connectivity index (χ1v) is 10.3. The van der Waals surface area contributed by atoms with Crippen LogP contribution in [-0.2, 0) is 33.0 Å². The zero-order valence-corrected chi connectivity index (χ0v) is 17.1. The van der Waals surface area contributed by atoms with Crippen molar-refractivity contribution >= 4 is 16.0 Å². The van der Waals surface area contributed by atoms with Gasteiger partial charge in [-0.15, -0.1) is 0 Å². The molecule has 0 aliphatic carbocycles. The molecule has 12 heteroatoms. The summed E-state index contributed by atoms with van der Waals surface area (Å²) in [4.78, 5) is 12.9. The molecule has 2 heterocycles. The Morgan fingerprint density at radius 2 is 1.90 bits per heavy atom. The summed E-state index contributed by atoms with van der Waals surface area (Å²) >= 11 is 0. The summed E-state index contributed by atoms with van der Waals surface area (Å²) in [6.45, 7) is 0.453. The van der Waals surface area contributed by atoms with Crippen LogP contribution in [0.25, 0.3) is 0 Å². The highest BCUT2D eigenvalue weighted by molar-refractivity contribution is 7.89. The molecule has 2 atom stereocenters. The molecule has 0 amide bonds. The first-order valence-electron chi connectivity index (χ1n) is 8.83. The quantitative estimate of drug-likeness (QED) is 0.750. The SMILES string of the molecule is CO[C@@H]1CCN(S(=O)(=O)c2cn(C)cn2)[C@H]1Cc1ccccc1.O=C(O)C(F)(F)F. The monoisotopic (exact) mass is 449 g/mol. The summed E-state index contributed by atoms with van der Waals surface area (Å²) in [6, 6.07) is 9.68. The third kappa shape index (κ3) is 5.80. The topological polar surface area (TPSA) is 102 Å². The number of hydrogen-bond acceptors (Lipinski definition) is 5. The third-order valence-electron chi connectivity index (χ3n) is 4.52. The van der Waals surface area contributed by atoms with Gasteiger partial charge in [0.25, 0.3) is 10.0 Å². The molecule has 1 fully saturated rings. The van der Waals surface area contributed by atoms with E-state index in [1.54, 1.807) is 18.7 Å². The number of methoxy groups -OCH3 is 1. The zero-order chi connectivity index (χ0) is 22.5. The fourth-order valence-corrected chi connectivity index (χ4v) is 4.74. The molecule has 0 radical (unpaired) electrons. The number of nitrogens with zero attached hydrogens (tertiary/aromatic N) is 3. The number of halogens is 3. The van der Waals surface area contributed by atoms with E-state index in [4.69, 9.17) is 14.6 Å². The molecule has 0 unspecified atom stereocenters. The van der Waals surface area contributed by atoms with Gasteiger partial charge in [-0.05, 0) is 18.4 Å². The van der Waals surface area contributed by atoms with E-state index in [2.05, 4.69) is 4.98 Å². The van der Waals surface area contributed by atoms with E-state index in [0.717, 1.165) is 5.56 Å². The second-order valence-corrected chi connectivity index (χ2v) is 8.45. The van der Waals surface area contributed by atoms with Gasteiger partial charge in [-0.1, -0.05) is 30.3 Å². The molecule has 0 bridgehead atoms. The number of carbonyl (C=O) groups is 1. The lowest BCUT2D eigenvalue weighted by atomic mass is 10.0. The van der Waals surface area contributed by atoms with Crippen LogP contribution >= 0.6 is 0 Å². The highest BCUT2D eigenvalue weighted by Gasteiger charge is 2.42. The molecule has 0 spiro atoms. The van der Waals surface area contributed by atoms with E-state index in [0.29, 0.717) is 19.4 Å². The van der Waals surface area contributed by atoms with Crippen LogP contribution in [0, 0.1) is 0 Å². The number of carboxylic acid groups (broad SMARTS) is 1. The van der Waals surface area contributed by atoms with Crippen LogP contribution in [0.5, 0.6) is 0 Å². The predicted molar refractivity (Wildman–Crippen MR) is 100 cm³/mol. The second kappa shape index (κ2) is 9.58. The molecule has 3 rings (SSSR count). The number of hydrogen-bond donors (Lipinski definition) is 1. The van der Waals surface area contributed by atoms with Crippen LogP contribution in [0.2, 0.25) is 0 Å². The molecule has 1 aliphatic rings. The normalized spacial score (nSPS) is 19.9. The lowest BCUT2D eigenvalue weighted by Crippen LogP contribution is -2.41. The minimum Gasteiger partial charge on any atom is -0.475 e. The molecule has 0 saturated carbocycles. The summed E-state index contributed by atoms with van der Waals surface area (Å²) < 4.78 is 66.3. The second-order valence-electron chi connectivity index (χ2n) is 6.62. The largest absolute Gasteiger partial charge is 0.490 e. The van der Waals surface area contributed by atoms with Gasteiger partial charge in [0, 0.05) is 26.9 Å². The van der Waals surface area contributed by atoms with Crippen molar-refractivity contribution < 1.29 is 36.2 Å². The lowest BCUT2D eigenvalue weighted by Gasteiger charge is -2.26. The van der Waals surface area contributed by atoms with Crippen molar-refractivity contribution in [3.63, 3.8) is 0 Å². The van der Waals surface area contributed by atoms with Gasteiger partial charge in [0.15, 0.2) is 5.03 Å². The van der Waals surface area contributed by atoms with Gasteiger partial charge in [-0.25, -0.2) is 18.2 Å². The Morgan fingerprint density at radius 1 is 1.30 bits per heavy atom. The Bertz CT molecular complexity index is 947. The van der Waals surface area contributed by atoms with Gasteiger partial charge in [-0.2, -0.15) is 17.5 Å². The van der Waals surface area contributed by atoms with Gasteiger partial charge >= 0.3 is 12.1 Å². The molecule has 1 aromatic carbocycles. The molecule has 1 aromatic heterocycles. The van der Waals surface area contributed by atoms with Crippen LogP contribution in [0.3, 0.4) is 0 Å². The number of benzene rings is 1. The number of rotatable bonds is 5. The predicted octanol–water partition coefficient (Wildman–Crippen LogP) is 2.07. The van der Waals surface area contributed by atoms with Crippen molar-refractivity contribution in [1.29, 1.82) is 0 Å². The molecule has 2 aromatic rings. The number of sulfonamides is 1. The maximum Gasteiger partial charge on any atom is 0.490 e. The first-order chi connectivity index (χ1) is 14.0. The Morgan fingerprint density at radius 3 is 2.37 bits per heavy atom. The molecule has 1 N–H and O–H groups in total. The summed E-state index contributed by atoms with van der Waals surface area (Å²) in [5.74, 6) is -2.76. The van der Waals surface area contributed by atoms with Crippen LogP contribution in [0.15, 0.2) is 47.9 Å². The van der Waals surface area contributed by atoms with Crippen LogP contribution < -0.4 is 0 Å². The van der Waals surface area contributed by atoms with E-state index < -0.39 is 22.2 Å². The van der Waals surface area contributed by atoms with Gasteiger partial charge < -0.3 is 14.4 Å². The number of imidazole rings is 1. The van der Waals surface area contributed by atoms with Crippen molar-refractivity contribution in [1.82, 2.24) is 13.9 Å². The van der Waals surface area contributed by atoms with E-state index >= 15 is 0 Å². The maximum atomic E-state index is 12.9. The smallest absolute Gasteiger partial charge is 0.475 e. The average molecular weight is 449 g/mol. The fourth-order valence-electron chi connectivity index (χ4n) is 3.10. The number of ether oxygens (including phenoxy) is 1. The minimum atomic E-state index is -5.08. The first kappa shape index (κ1) is 23.8. The molecule has 1 saturated heterocycles. The molecule has 30 heavy (non-hydrogen) atoms. The van der Waals surface area contributed by atoms with Crippen molar-refractivity contribution in [3.05, 3.63) is 48.4 Å². The van der Waals surface area contributed by atoms with E-state index in [9.17, 15) is 21.6 Å². The van der Waals surface area contributed by atoms with Crippen molar-refractivity contribution in [2.24, 2.45) is 7.05 Å². The van der Waals surface area contributed by atoms with E-state index in [1.165, 1.54) is 16.8 Å². The molecule has 166 valence electrons. The van der Waals surface area contributed by atoms with Crippen LogP contribution in [-0.4, -0.2) is 65.3 Å². The number of aryl methyl sites for hydroxylation is 1. The zero-order valence-electron chi connectivity index (χ0n) is 16.3. The number of aromatic nitrogens is 2. The summed E-state index contributed by atoms with van der Waals surface area (Å²) in [6.07, 6.45) is -0.822. The Labute approximate surface area is 171 Å². The Kier molecular flexibility index (Phi) is 7.61. The molecule has 1 aliphatic heterocycles. The molecular formula is C18H22F3N3O5S. The Balaban J connectivity index is 0.000000396. The van der Waals surface area contributed by atoms with Crippen LogP contribution in [0.4, 0.5) is 13.2 Å². The lowest BCUT2D eigenvalue weighted by molar-refractivity contribution is -0.192. The third-order valence-corrected chi connectivity index (χ3v) is 6.33. The average Bonchev–Trinajstić information content (AvgIpc) is 3.29. The highest BCUT2D eigenvalue weighted by Crippen LogP contribution is 2.29. The fraction of sp³-hybridized carbons (Fsp3) is 0.444. The van der Waals surface area contributed by atoms with Gasteiger partial charge in [0.05, 0.1) is 18.5 Å². The molecule has 8 nitrogen and oxygen atoms in total. The minimum absolute atomic E-state index is 0.0924. The Hall–Kier alpha value is -2.44. The van der Waals surface area contributed by atoms with E-state index in [1.807, 2.05) is 30.3 Å². The van der Waals surface area contributed by atoms with Crippen LogP contribution in [0.1, 0.15) is 12.0 Å². The highest BCUT2D eigenvalue weighted by atomic mass is 32.2. The summed E-state index contributed by atoms with van der Waals surface area (Å²) in [5, 5.41) is 7.22.